The highest BCUT2D eigenvalue weighted by Crippen LogP contribution is 2.45. The van der Waals surface area contributed by atoms with Crippen LogP contribution in [0.15, 0.2) is 11.6 Å². The fraction of sp³-hybridized carbons (Fsp3) is 0.926. The average Bonchev–Trinajstić information content (AvgIpc) is 3.23. The Bertz CT molecular complexity index is 1570. The topological polar surface area (TPSA) is 98.8 Å². The lowest BCUT2D eigenvalue weighted by atomic mass is 9.81. The Morgan fingerprint density at radius 2 is 0.926 bits per heavy atom. The molecule has 14 heteroatoms. The SMILES string of the molecule is CC[Si](CC)(CC)O[C@@H]1[C@@H](C)[C@H](OC)[C@@H](O[Si](C)(C)C(C)(C)C)C(=O)OC[C@H](C)[C@@H](O[Si](CC)(CC)CC)[C@H](C)[C@@H](O[Si](C)(C)C(C)(C)C)CC(=O)[C@@H](C)/C=C(\C)[C@H](O[Si](C)(C)C(C)(C)C)[C@H]1C. The number of ether oxygens (including phenoxy) is 2. The van der Waals surface area contributed by atoms with Crippen molar-refractivity contribution in [1.29, 1.82) is 0 Å². The van der Waals surface area contributed by atoms with Crippen molar-refractivity contribution in [3.05, 3.63) is 11.6 Å². The molecule has 0 saturated heterocycles. The van der Waals surface area contributed by atoms with Crippen LogP contribution in [0, 0.1) is 29.6 Å². The Labute approximate surface area is 426 Å². The summed E-state index contributed by atoms with van der Waals surface area (Å²) >= 11 is 0. The van der Waals surface area contributed by atoms with E-state index in [0.717, 1.165) is 41.8 Å². The standard InChI is InChI=1S/C54H112O9Si5/c1-29-67(30-2,31-3)62-47-40(9)37-58-51(56)50(61-66(27,28)54(19,20)21)49(57-22)43(12)48(63-68(32-4,33-5)34-6)42(11)46(60-65(25,26)53(16,17)18)39(8)35-38(7)44(55)36-45(41(47)10)59-64(23,24)52(13,14)15/h35,38,40-43,45-50H,29-34,36-37H2,1-28H3/b39-35+/t38-,40-,41+,42+,43+,45-,46-,47+,48-,49-,50+/m0/s1. The Kier molecular flexibility index (Phi) is 24.9. The smallest absolute Gasteiger partial charge is 0.336 e. The van der Waals surface area contributed by atoms with Crippen LogP contribution in [0.1, 0.15) is 152 Å². The summed E-state index contributed by atoms with van der Waals surface area (Å²) in [6, 6.07) is 5.79. The number of carbonyl (C=O) groups is 2. The van der Waals surface area contributed by atoms with Gasteiger partial charge in [0, 0.05) is 43.1 Å². The van der Waals surface area contributed by atoms with Gasteiger partial charge in [-0.3, -0.25) is 4.79 Å². The van der Waals surface area contributed by atoms with Crippen LogP contribution >= 0.6 is 0 Å². The molecule has 68 heavy (non-hydrogen) atoms. The molecule has 0 unspecified atom stereocenters. The summed E-state index contributed by atoms with van der Waals surface area (Å²) in [6.07, 6.45) is -0.733. The van der Waals surface area contributed by atoms with Gasteiger partial charge in [-0.05, 0) is 103 Å². The average molecular weight is 1050 g/mol. The fourth-order valence-corrected chi connectivity index (χ4v) is 19.3. The third kappa shape index (κ3) is 16.6. The van der Waals surface area contributed by atoms with E-state index in [0.29, 0.717) is 0 Å². The summed E-state index contributed by atoms with van der Waals surface area (Å²) in [6.45, 7) is 60.5. The van der Waals surface area contributed by atoms with E-state index in [-0.39, 0.29) is 75.9 Å². The van der Waals surface area contributed by atoms with Crippen LogP contribution in [0.3, 0.4) is 0 Å². The van der Waals surface area contributed by atoms with E-state index in [1.807, 2.05) is 0 Å². The highest BCUT2D eigenvalue weighted by atomic mass is 28.4. The zero-order valence-electron chi connectivity index (χ0n) is 49.8. The summed E-state index contributed by atoms with van der Waals surface area (Å²) in [5, 5.41) is -0.348. The van der Waals surface area contributed by atoms with Crippen molar-refractivity contribution < 1.29 is 41.2 Å². The summed E-state index contributed by atoms with van der Waals surface area (Å²) < 4.78 is 50.7. The van der Waals surface area contributed by atoms with E-state index in [1.54, 1.807) is 7.11 Å². The first-order valence-electron chi connectivity index (χ1n) is 27.1. The van der Waals surface area contributed by atoms with E-state index in [9.17, 15) is 4.79 Å². The van der Waals surface area contributed by atoms with Crippen LogP contribution in [-0.4, -0.2) is 104 Å². The van der Waals surface area contributed by atoms with Gasteiger partial charge in [-0.1, -0.05) is 145 Å². The molecule has 0 aromatic carbocycles. The molecule has 402 valence electrons. The van der Waals surface area contributed by atoms with Gasteiger partial charge in [-0.15, -0.1) is 0 Å². The predicted octanol–water partition coefficient (Wildman–Crippen LogP) is 15.6. The number of esters is 1. The van der Waals surface area contributed by atoms with Gasteiger partial charge in [-0.25, -0.2) is 4.79 Å². The molecule has 1 aliphatic heterocycles. The summed E-state index contributed by atoms with van der Waals surface area (Å²) in [5.74, 6) is -1.53. The normalized spacial score (nSPS) is 30.1. The van der Waals surface area contributed by atoms with Gasteiger partial charge in [-0.2, -0.15) is 0 Å². The van der Waals surface area contributed by atoms with E-state index in [4.69, 9.17) is 31.6 Å². The van der Waals surface area contributed by atoms with Crippen molar-refractivity contribution in [1.82, 2.24) is 0 Å². The molecular formula is C54H112O9Si5. The third-order valence-electron chi connectivity index (χ3n) is 18.2. The number of cyclic esters (lactones) is 1. The second-order valence-corrected chi connectivity index (χ2v) is 49.6. The molecule has 0 bridgehead atoms. The molecule has 9 nitrogen and oxygen atoms in total. The molecule has 0 aliphatic carbocycles. The molecule has 1 aliphatic rings. The minimum Gasteiger partial charge on any atom is -0.463 e. The third-order valence-corrected chi connectivity index (χ3v) is 40.9. The Morgan fingerprint density at radius 3 is 1.31 bits per heavy atom. The minimum atomic E-state index is -2.60. The molecule has 11 atom stereocenters. The number of hydrogen-bond acceptors (Lipinski definition) is 9. The first-order chi connectivity index (χ1) is 30.8. The van der Waals surface area contributed by atoms with Gasteiger partial charge in [0.15, 0.2) is 47.7 Å². The number of allylic oxidation sites excluding steroid dienone is 1. The Hall–Kier alpha value is -0.276. The molecule has 0 aromatic rings. The molecule has 0 fully saturated rings. The van der Waals surface area contributed by atoms with Crippen molar-refractivity contribution in [3.63, 3.8) is 0 Å². The first kappa shape index (κ1) is 65.7. The van der Waals surface area contributed by atoms with E-state index < -0.39 is 71.8 Å². The lowest BCUT2D eigenvalue weighted by Crippen LogP contribution is -2.57. The van der Waals surface area contributed by atoms with Crippen LogP contribution in [0.4, 0.5) is 0 Å². The number of rotatable bonds is 17. The lowest BCUT2D eigenvalue weighted by molar-refractivity contribution is -0.167. The van der Waals surface area contributed by atoms with Crippen molar-refractivity contribution in [3.8, 4) is 0 Å². The summed E-state index contributed by atoms with van der Waals surface area (Å²) in [4.78, 5) is 30.2. The van der Waals surface area contributed by atoms with E-state index in [2.05, 4.69) is 191 Å². The van der Waals surface area contributed by atoms with Crippen molar-refractivity contribution in [2.24, 2.45) is 29.6 Å². The molecule has 0 amide bonds. The predicted molar refractivity (Wildman–Crippen MR) is 301 cm³/mol. The van der Waals surface area contributed by atoms with E-state index in [1.165, 1.54) is 0 Å². The highest BCUT2D eigenvalue weighted by molar-refractivity contribution is 6.75. The minimum absolute atomic E-state index is 0.0773. The Morgan fingerprint density at radius 1 is 0.544 bits per heavy atom. The van der Waals surface area contributed by atoms with Gasteiger partial charge in [0.25, 0.3) is 0 Å². The maximum Gasteiger partial charge on any atom is 0.336 e. The number of hydrogen-bond donors (Lipinski definition) is 0. The van der Waals surface area contributed by atoms with Crippen molar-refractivity contribution in [2.75, 3.05) is 13.7 Å². The zero-order chi connectivity index (χ0) is 53.4. The second-order valence-electron chi connectivity index (χ2n) is 25.9. The summed E-state index contributed by atoms with van der Waals surface area (Å²) in [5.41, 5.74) is 1.03. The second kappa shape index (κ2) is 25.8. The molecular weight excluding hydrogens is 933 g/mol. The van der Waals surface area contributed by atoms with Gasteiger partial charge >= 0.3 is 5.97 Å². The van der Waals surface area contributed by atoms with Gasteiger partial charge in [0.1, 0.15) is 5.78 Å². The zero-order valence-corrected chi connectivity index (χ0v) is 54.8. The molecule has 1 rings (SSSR count). The number of methoxy groups -OCH3 is 1. The van der Waals surface area contributed by atoms with Crippen LogP contribution < -0.4 is 0 Å². The lowest BCUT2D eigenvalue weighted by Gasteiger charge is -2.48. The Balaban J connectivity index is 4.64. The molecule has 0 spiro atoms. The maximum absolute atomic E-state index is 15.3. The molecule has 0 saturated carbocycles. The van der Waals surface area contributed by atoms with Gasteiger partial charge in [0.2, 0.25) is 0 Å². The monoisotopic (exact) mass is 1040 g/mol. The first-order valence-corrected chi connectivity index (χ1v) is 40.9. The quantitative estimate of drug-likeness (QED) is 0.0801. The maximum atomic E-state index is 15.3. The van der Waals surface area contributed by atoms with Crippen molar-refractivity contribution in [2.45, 2.75) is 279 Å². The molecule has 1 heterocycles. The highest BCUT2D eigenvalue weighted by Gasteiger charge is 2.51. The number of carbonyl (C=O) groups excluding carboxylic acids is 2. The van der Waals surface area contributed by atoms with Gasteiger partial charge in [0.05, 0.1) is 37.1 Å². The van der Waals surface area contributed by atoms with Crippen molar-refractivity contribution >= 4 is 53.3 Å². The molecule has 0 aromatic heterocycles. The fourth-order valence-electron chi connectivity index (χ4n) is 9.30. The van der Waals surface area contributed by atoms with E-state index >= 15 is 4.79 Å². The van der Waals surface area contributed by atoms with Gasteiger partial charge < -0.3 is 31.6 Å². The molecule has 0 radical (unpaired) electrons. The van der Waals surface area contributed by atoms with Crippen LogP contribution in [0.25, 0.3) is 0 Å². The van der Waals surface area contributed by atoms with Crippen LogP contribution in [0.5, 0.6) is 0 Å². The van der Waals surface area contributed by atoms with Crippen LogP contribution in [0.2, 0.25) is 90.7 Å². The molecule has 0 N–H and O–H groups in total. The number of ketones is 1. The summed E-state index contributed by atoms with van der Waals surface area (Å²) in [7, 11) is -10.2. The number of Topliss-reactive ketones (excluding diaryl/α,β-unsaturated/α-hetero) is 1. The largest absolute Gasteiger partial charge is 0.463 e. The van der Waals surface area contributed by atoms with Crippen LogP contribution in [-0.2, 0) is 41.2 Å².